The number of pyridine rings is 1. The van der Waals surface area contributed by atoms with Crippen LogP contribution in [-0.2, 0) is 6.54 Å². The summed E-state index contributed by atoms with van der Waals surface area (Å²) in [5, 5.41) is 8.30. The van der Waals surface area contributed by atoms with Gasteiger partial charge >= 0.3 is 0 Å². The van der Waals surface area contributed by atoms with E-state index in [2.05, 4.69) is 20.2 Å². The quantitative estimate of drug-likeness (QED) is 0.538. The van der Waals surface area contributed by atoms with Crippen molar-refractivity contribution in [1.29, 1.82) is 0 Å². The number of hydrogen-bond acceptors (Lipinski definition) is 7. The Kier molecular flexibility index (Phi) is 4.44. The number of ether oxygens (including phenoxy) is 1. The molecule has 8 heteroatoms. The highest BCUT2D eigenvalue weighted by atomic mass is 16.5. The third kappa shape index (κ3) is 3.59. The van der Waals surface area contributed by atoms with E-state index in [4.69, 9.17) is 9.26 Å². The Morgan fingerprint density at radius 2 is 1.89 bits per heavy atom. The van der Waals surface area contributed by atoms with Gasteiger partial charge in [-0.15, -0.1) is 0 Å². The van der Waals surface area contributed by atoms with Crippen LogP contribution in [0.4, 0.5) is 0 Å². The van der Waals surface area contributed by atoms with Crippen LogP contribution in [0.15, 0.2) is 70.1 Å². The van der Waals surface area contributed by atoms with E-state index < -0.39 is 0 Å². The van der Waals surface area contributed by atoms with Crippen molar-refractivity contribution in [2.75, 3.05) is 7.11 Å². The summed E-state index contributed by atoms with van der Waals surface area (Å²) in [7, 11) is 1.61. The van der Waals surface area contributed by atoms with Crippen molar-refractivity contribution in [2.45, 2.75) is 6.54 Å². The molecule has 4 rings (SSSR count). The van der Waals surface area contributed by atoms with Crippen molar-refractivity contribution in [1.82, 2.24) is 24.9 Å². The highest BCUT2D eigenvalue weighted by Gasteiger charge is 2.12. The van der Waals surface area contributed by atoms with Gasteiger partial charge in [0, 0.05) is 17.8 Å². The molecule has 3 heterocycles. The van der Waals surface area contributed by atoms with Crippen molar-refractivity contribution in [2.24, 2.45) is 0 Å². The molecule has 134 valence electrons. The van der Waals surface area contributed by atoms with Gasteiger partial charge in [-0.05, 0) is 42.5 Å². The van der Waals surface area contributed by atoms with Gasteiger partial charge in [-0.1, -0.05) is 11.2 Å². The maximum Gasteiger partial charge on any atom is 0.267 e. The molecule has 0 spiro atoms. The molecule has 0 N–H and O–H groups in total. The van der Waals surface area contributed by atoms with Crippen LogP contribution < -0.4 is 10.3 Å². The molecule has 0 radical (unpaired) electrons. The van der Waals surface area contributed by atoms with E-state index >= 15 is 0 Å². The summed E-state index contributed by atoms with van der Waals surface area (Å²) in [6.45, 7) is 0.0721. The first-order valence-corrected chi connectivity index (χ1v) is 8.19. The summed E-state index contributed by atoms with van der Waals surface area (Å²) in [6.07, 6.45) is 1.65. The maximum atomic E-state index is 12.2. The number of methoxy groups -OCH3 is 1. The molecule has 1 aromatic carbocycles. The zero-order valence-corrected chi connectivity index (χ0v) is 14.4. The second kappa shape index (κ2) is 7.20. The van der Waals surface area contributed by atoms with Crippen LogP contribution in [-0.4, -0.2) is 32.0 Å². The molecule has 0 saturated heterocycles. The zero-order chi connectivity index (χ0) is 18.6. The SMILES string of the molecule is COc1ccc(-c2ccc(=O)n(Cc3nc(-c4ccccn4)no3)n2)cc1. The Morgan fingerprint density at radius 1 is 1.04 bits per heavy atom. The van der Waals surface area contributed by atoms with Gasteiger partial charge in [0.05, 0.1) is 12.8 Å². The minimum absolute atomic E-state index is 0.0721. The summed E-state index contributed by atoms with van der Waals surface area (Å²) in [5.74, 6) is 1.39. The van der Waals surface area contributed by atoms with E-state index in [0.717, 1.165) is 11.3 Å². The summed E-state index contributed by atoms with van der Waals surface area (Å²) in [4.78, 5) is 20.6. The number of nitrogens with zero attached hydrogens (tertiary/aromatic N) is 5. The smallest absolute Gasteiger partial charge is 0.267 e. The van der Waals surface area contributed by atoms with Crippen LogP contribution >= 0.6 is 0 Å². The van der Waals surface area contributed by atoms with Gasteiger partial charge in [-0.2, -0.15) is 10.1 Å². The van der Waals surface area contributed by atoms with Gasteiger partial charge in [0.15, 0.2) is 0 Å². The molecular weight excluding hydrogens is 346 g/mol. The van der Waals surface area contributed by atoms with E-state index in [1.165, 1.54) is 10.7 Å². The second-order valence-corrected chi connectivity index (χ2v) is 5.67. The molecule has 0 aliphatic carbocycles. The first-order chi connectivity index (χ1) is 13.2. The van der Waals surface area contributed by atoms with Crippen LogP contribution in [0, 0.1) is 0 Å². The average Bonchev–Trinajstić information content (AvgIpc) is 3.19. The zero-order valence-electron chi connectivity index (χ0n) is 14.4. The third-order valence-corrected chi connectivity index (χ3v) is 3.90. The minimum Gasteiger partial charge on any atom is -0.497 e. The Balaban J connectivity index is 1.60. The predicted octanol–water partition coefficient (Wildman–Crippen LogP) is 2.41. The molecule has 0 amide bonds. The van der Waals surface area contributed by atoms with Gasteiger partial charge < -0.3 is 9.26 Å². The van der Waals surface area contributed by atoms with Gasteiger partial charge in [0.25, 0.3) is 5.56 Å². The van der Waals surface area contributed by atoms with Gasteiger partial charge in [0.2, 0.25) is 11.7 Å². The normalized spacial score (nSPS) is 10.7. The molecule has 0 aliphatic rings. The highest BCUT2D eigenvalue weighted by molar-refractivity contribution is 5.59. The van der Waals surface area contributed by atoms with Crippen LogP contribution in [0.2, 0.25) is 0 Å². The Morgan fingerprint density at radius 3 is 2.63 bits per heavy atom. The molecule has 0 unspecified atom stereocenters. The van der Waals surface area contributed by atoms with Crippen LogP contribution in [0.1, 0.15) is 5.89 Å². The summed E-state index contributed by atoms with van der Waals surface area (Å²) < 4.78 is 11.7. The van der Waals surface area contributed by atoms with Crippen molar-refractivity contribution in [3.05, 3.63) is 77.0 Å². The molecule has 0 saturated carbocycles. The average molecular weight is 361 g/mol. The first kappa shape index (κ1) is 16.6. The standard InChI is InChI=1S/C19H15N5O3/c1-26-14-7-5-13(6-8-14)15-9-10-18(25)24(22-15)12-17-21-19(23-27-17)16-4-2-3-11-20-16/h2-11H,12H2,1H3. The lowest BCUT2D eigenvalue weighted by molar-refractivity contribution is 0.363. The van der Waals surface area contributed by atoms with Crippen molar-refractivity contribution < 1.29 is 9.26 Å². The lowest BCUT2D eigenvalue weighted by Crippen LogP contribution is -2.23. The van der Waals surface area contributed by atoms with E-state index in [0.29, 0.717) is 17.2 Å². The van der Waals surface area contributed by atoms with E-state index in [1.54, 1.807) is 31.5 Å². The molecule has 0 aliphatic heterocycles. The van der Waals surface area contributed by atoms with Crippen molar-refractivity contribution in [3.8, 4) is 28.5 Å². The summed E-state index contributed by atoms with van der Waals surface area (Å²) in [6, 6.07) is 16.0. The molecule has 3 aromatic heterocycles. The Bertz CT molecular complexity index is 1100. The second-order valence-electron chi connectivity index (χ2n) is 5.67. The predicted molar refractivity (Wildman–Crippen MR) is 97.1 cm³/mol. The molecule has 27 heavy (non-hydrogen) atoms. The Hall–Kier alpha value is -3.81. The lowest BCUT2D eigenvalue weighted by atomic mass is 10.1. The molecule has 0 atom stereocenters. The fourth-order valence-corrected chi connectivity index (χ4v) is 2.52. The third-order valence-electron chi connectivity index (χ3n) is 3.90. The van der Waals surface area contributed by atoms with Crippen LogP contribution in [0.5, 0.6) is 5.75 Å². The number of benzene rings is 1. The van der Waals surface area contributed by atoms with Gasteiger partial charge in [-0.3, -0.25) is 9.78 Å². The van der Waals surface area contributed by atoms with Gasteiger partial charge in [-0.25, -0.2) is 4.68 Å². The van der Waals surface area contributed by atoms with Crippen LogP contribution in [0.3, 0.4) is 0 Å². The number of hydrogen-bond donors (Lipinski definition) is 0. The molecule has 0 fully saturated rings. The van der Waals surface area contributed by atoms with Gasteiger partial charge in [0.1, 0.15) is 18.0 Å². The number of aromatic nitrogens is 5. The van der Waals surface area contributed by atoms with E-state index in [-0.39, 0.29) is 18.0 Å². The summed E-state index contributed by atoms with van der Waals surface area (Å²) in [5.41, 5.74) is 1.86. The maximum absolute atomic E-state index is 12.2. The summed E-state index contributed by atoms with van der Waals surface area (Å²) >= 11 is 0. The van der Waals surface area contributed by atoms with E-state index in [1.807, 2.05) is 30.3 Å². The minimum atomic E-state index is -0.259. The Labute approximate surface area is 154 Å². The van der Waals surface area contributed by atoms with Crippen molar-refractivity contribution >= 4 is 0 Å². The molecule has 4 aromatic rings. The highest BCUT2D eigenvalue weighted by Crippen LogP contribution is 2.19. The first-order valence-electron chi connectivity index (χ1n) is 8.19. The monoisotopic (exact) mass is 361 g/mol. The largest absolute Gasteiger partial charge is 0.497 e. The van der Waals surface area contributed by atoms with Crippen LogP contribution in [0.25, 0.3) is 22.8 Å². The molecule has 0 bridgehead atoms. The fraction of sp³-hybridized carbons (Fsp3) is 0.105. The topological polar surface area (TPSA) is 95.9 Å². The lowest BCUT2D eigenvalue weighted by Gasteiger charge is -2.06. The number of rotatable bonds is 5. The fourth-order valence-electron chi connectivity index (χ4n) is 2.52. The molecule has 8 nitrogen and oxygen atoms in total. The van der Waals surface area contributed by atoms with E-state index in [9.17, 15) is 4.79 Å². The molecular formula is C19H15N5O3. The van der Waals surface area contributed by atoms with Crippen molar-refractivity contribution in [3.63, 3.8) is 0 Å².